The van der Waals surface area contributed by atoms with Crippen LogP contribution in [-0.2, 0) is 119 Å². The third-order valence-corrected chi connectivity index (χ3v) is 0. The first kappa shape index (κ1) is 33.0. The van der Waals surface area contributed by atoms with Crippen LogP contribution in [0.15, 0.2) is 0 Å². The second-order valence-electron chi connectivity index (χ2n) is 1.51. The Morgan fingerprint density at radius 1 is 0.333 bits per heavy atom. The summed E-state index contributed by atoms with van der Waals surface area (Å²) in [6, 6.07) is 0. The molecule has 0 amide bonds. The van der Waals surface area contributed by atoms with Crippen molar-refractivity contribution < 1.29 is 136 Å². The van der Waals surface area contributed by atoms with Crippen molar-refractivity contribution in [3.8, 4) is 0 Å². The van der Waals surface area contributed by atoms with Crippen LogP contribution in [0.3, 0.4) is 0 Å². The van der Waals surface area contributed by atoms with Gasteiger partial charge in [-0.1, -0.05) is 0 Å². The zero-order chi connectivity index (χ0) is 18.0. The van der Waals surface area contributed by atoms with Gasteiger partial charge in [-0.3, -0.25) is 0 Å². The van der Waals surface area contributed by atoms with Gasteiger partial charge in [-0.2, -0.15) is 0 Å². The molecule has 0 aliphatic carbocycles. The Labute approximate surface area is 135 Å². The molecule has 0 spiro atoms. The van der Waals surface area contributed by atoms with Crippen molar-refractivity contribution in [2.75, 3.05) is 0 Å². The molecule has 21 heavy (non-hydrogen) atoms. The van der Waals surface area contributed by atoms with E-state index in [9.17, 15) is 0 Å². The minimum atomic E-state index is -5.62. The van der Waals surface area contributed by atoms with E-state index in [-0.39, 0.29) is 21.1 Å². The molecule has 0 fully saturated rings. The molecule has 0 bridgehead atoms. The Kier molecular flexibility index (Phi) is 20.0. The molecule has 130 valence electrons. The van der Waals surface area contributed by atoms with Crippen LogP contribution in [0.5, 0.6) is 0 Å². The van der Waals surface area contributed by atoms with E-state index in [1.165, 1.54) is 0 Å². The van der Waals surface area contributed by atoms with Crippen LogP contribution in [0, 0.1) is 0 Å². The summed E-state index contributed by atoms with van der Waals surface area (Å²) in [5.41, 5.74) is 0. The molecular weight excluding hydrogens is 572 g/mol. The first-order valence-corrected chi connectivity index (χ1v) is 10.2. The van der Waals surface area contributed by atoms with Gasteiger partial charge in [0.15, 0.2) is 0 Å². The van der Waals surface area contributed by atoms with Gasteiger partial charge in [0.05, 0.1) is 0 Å². The molecule has 0 unspecified atom stereocenters. The van der Waals surface area contributed by atoms with Crippen molar-refractivity contribution in [3.63, 3.8) is 0 Å². The van der Waals surface area contributed by atoms with Crippen LogP contribution in [0.2, 0.25) is 0 Å². The summed E-state index contributed by atoms with van der Waals surface area (Å²) in [6.45, 7) is 0. The third kappa shape index (κ3) is 157000. The van der Waals surface area contributed by atoms with Crippen molar-refractivity contribution in [2.45, 2.75) is 0 Å². The Hall–Kier alpha value is 0.206. The zero-order valence-corrected chi connectivity index (χ0v) is 15.2. The fourth-order valence-corrected chi connectivity index (χ4v) is 0. The summed E-state index contributed by atoms with van der Waals surface area (Å²) in [4.78, 5) is 0. The van der Waals surface area contributed by atoms with Crippen LogP contribution in [0.1, 0.15) is 0 Å². The predicted molar refractivity (Wildman–Crippen MR) is 8.24 cm³/mol. The standard InChI is InChI=1S/4Mn.Mo.16O/q;;;;+4;;;;;;;;;;;;;4*-1. The molecule has 0 atom stereocenters. The molecule has 0 aromatic heterocycles. The number of hydrogen-bond donors (Lipinski definition) is 0. The summed E-state index contributed by atoms with van der Waals surface area (Å²) in [5.74, 6) is 0. The first-order chi connectivity index (χ1) is 8.00. The molecule has 0 aromatic carbocycles. The van der Waals surface area contributed by atoms with Crippen LogP contribution in [-0.4, -0.2) is 0 Å². The summed E-state index contributed by atoms with van der Waals surface area (Å²) >= 11 is -22.5. The fraction of sp³-hybridized carbons (Fsp3) is 0. The van der Waals surface area contributed by atoms with E-state index >= 15 is 0 Å². The predicted octanol–water partition coefficient (Wildman–Crippen LogP) is -6.19. The second kappa shape index (κ2) is 12.7. The molecule has 0 aliphatic rings. The van der Waals surface area contributed by atoms with Crippen molar-refractivity contribution in [1.82, 2.24) is 0 Å². The Morgan fingerprint density at radius 2 is 0.333 bits per heavy atom. The zero-order valence-electron chi connectivity index (χ0n) is 8.45. The van der Waals surface area contributed by atoms with Gasteiger partial charge < -0.3 is 0 Å². The van der Waals surface area contributed by atoms with E-state index in [1.807, 2.05) is 0 Å². The Morgan fingerprint density at radius 3 is 0.333 bits per heavy atom. The first-order valence-electron chi connectivity index (χ1n) is 2.47. The average Bonchev–Trinajstić information content (AvgIpc) is 1.62. The molecule has 16 nitrogen and oxygen atoms in total. The summed E-state index contributed by atoms with van der Waals surface area (Å²) in [7, 11) is 0. The van der Waals surface area contributed by atoms with Gasteiger partial charge in [-0.05, 0) is 0 Å². The quantitative estimate of drug-likeness (QED) is 0.244. The van der Waals surface area contributed by atoms with Crippen LogP contribution < -0.4 is 16.8 Å². The van der Waals surface area contributed by atoms with Gasteiger partial charge in [0.2, 0.25) is 0 Å². The van der Waals surface area contributed by atoms with Gasteiger partial charge in [-0.25, -0.2) is 0 Å². The van der Waals surface area contributed by atoms with E-state index in [0.717, 1.165) is 0 Å². The fourth-order valence-electron chi connectivity index (χ4n) is 0. The molecule has 0 saturated heterocycles. The van der Waals surface area contributed by atoms with Gasteiger partial charge in [0.25, 0.3) is 0 Å². The van der Waals surface area contributed by atoms with Crippen molar-refractivity contribution >= 4 is 0 Å². The minimum absolute atomic E-state index is 0. The second-order valence-corrected chi connectivity index (χ2v) is 6.23. The van der Waals surface area contributed by atoms with Crippen LogP contribution in [0.4, 0.5) is 0 Å². The molecule has 0 N–H and O–H groups in total. The molecule has 0 aliphatic heterocycles. The maximum absolute atomic E-state index is 8.58. The maximum atomic E-state index is 8.58. The van der Waals surface area contributed by atoms with E-state index in [2.05, 4.69) is 0 Å². The molecule has 0 rings (SSSR count). The summed E-state index contributed by atoms with van der Waals surface area (Å²) in [6.07, 6.45) is 0. The molecule has 0 radical (unpaired) electrons. The molecule has 0 aromatic rings. The third-order valence-electron chi connectivity index (χ3n) is 0. The van der Waals surface area contributed by atoms with Crippen LogP contribution in [0.25, 0.3) is 0 Å². The normalized spacial score (nSPS) is 10.9. The van der Waals surface area contributed by atoms with E-state index < -0.39 is 51.9 Å². The van der Waals surface area contributed by atoms with E-state index in [0.29, 0.717) is 0 Å². The molecule has 0 heterocycles. The van der Waals surface area contributed by atoms with Gasteiger partial charge >= 0.3 is 136 Å². The Balaban J connectivity index is -0.0000000533. The number of rotatable bonds is 0. The van der Waals surface area contributed by atoms with Gasteiger partial charge in [-0.15, -0.1) is 0 Å². The molecular formula is Mn4MoO16. The average molecular weight is 572 g/mol. The Bertz CT molecular complexity index is 673. The van der Waals surface area contributed by atoms with Crippen molar-refractivity contribution in [1.29, 1.82) is 0 Å². The monoisotopic (exact) mass is 574 g/mol. The summed E-state index contributed by atoms with van der Waals surface area (Å²) < 4.78 is 137. The van der Waals surface area contributed by atoms with E-state index in [1.54, 1.807) is 0 Å². The van der Waals surface area contributed by atoms with Crippen LogP contribution >= 0.6 is 0 Å². The van der Waals surface area contributed by atoms with Crippen molar-refractivity contribution in [2.24, 2.45) is 0 Å². The van der Waals surface area contributed by atoms with Crippen molar-refractivity contribution in [3.05, 3.63) is 0 Å². The van der Waals surface area contributed by atoms with E-state index in [4.69, 9.17) is 62.8 Å². The SMILES string of the molecule is [Mo+4].[O]=[Mn](=[O])(=[O])[O-].[O]=[Mn](=[O])(=[O])[O-].[O]=[Mn](=[O])(=[O])[O-].[O]=[Mn](=[O])(=[O])[O-]. The number of hydrogen-bond acceptors (Lipinski definition) is 16. The topological polar surface area (TPSA) is 297 Å². The summed E-state index contributed by atoms with van der Waals surface area (Å²) in [5, 5.41) is 0. The molecule has 21 heteroatoms. The van der Waals surface area contributed by atoms with Gasteiger partial charge in [0, 0.05) is 0 Å². The molecule has 0 saturated carbocycles. The van der Waals surface area contributed by atoms with Gasteiger partial charge in [0.1, 0.15) is 0 Å².